The van der Waals surface area contributed by atoms with Crippen LogP contribution in [0, 0.1) is 11.7 Å². The maximum absolute atomic E-state index is 13.1. The summed E-state index contributed by atoms with van der Waals surface area (Å²) in [4.78, 5) is 12.5. The Labute approximate surface area is 166 Å². The second-order valence-corrected chi connectivity index (χ2v) is 9.52. The van der Waals surface area contributed by atoms with E-state index in [9.17, 15) is 17.6 Å². The molecule has 3 rings (SSSR count). The molecule has 2 aliphatic rings. The summed E-state index contributed by atoms with van der Waals surface area (Å²) < 4.78 is 45.7. The van der Waals surface area contributed by atoms with E-state index in [0.29, 0.717) is 38.6 Å². The Bertz CT molecular complexity index is 748. The van der Waals surface area contributed by atoms with E-state index in [4.69, 9.17) is 4.74 Å². The smallest absolute Gasteiger partial charge is 0.243 e. The van der Waals surface area contributed by atoms with E-state index in [-0.39, 0.29) is 23.3 Å². The van der Waals surface area contributed by atoms with Crippen LogP contribution in [0.1, 0.15) is 44.9 Å². The predicted molar refractivity (Wildman–Crippen MR) is 104 cm³/mol. The molecule has 1 atom stereocenters. The highest BCUT2D eigenvalue weighted by Crippen LogP contribution is 2.24. The van der Waals surface area contributed by atoms with Crippen LogP contribution in [0.25, 0.3) is 0 Å². The highest BCUT2D eigenvalue weighted by Gasteiger charge is 2.33. The summed E-state index contributed by atoms with van der Waals surface area (Å²) in [5.74, 6) is -0.952. The van der Waals surface area contributed by atoms with Gasteiger partial charge in [-0.2, -0.15) is 4.31 Å². The first kappa shape index (κ1) is 21.2. The number of piperidine rings is 1. The molecule has 8 heteroatoms. The van der Waals surface area contributed by atoms with Crippen molar-refractivity contribution >= 4 is 15.9 Å². The molecule has 0 spiro atoms. The molecule has 1 aliphatic heterocycles. The summed E-state index contributed by atoms with van der Waals surface area (Å²) in [5, 5.41) is 2.91. The van der Waals surface area contributed by atoms with Gasteiger partial charge in [0, 0.05) is 26.2 Å². The van der Waals surface area contributed by atoms with Crippen molar-refractivity contribution in [1.82, 2.24) is 9.62 Å². The van der Waals surface area contributed by atoms with Gasteiger partial charge in [-0.25, -0.2) is 12.8 Å². The third-order valence-electron chi connectivity index (χ3n) is 5.48. The van der Waals surface area contributed by atoms with Crippen LogP contribution in [-0.4, -0.2) is 51.0 Å². The third kappa shape index (κ3) is 5.52. The maximum atomic E-state index is 13.1. The molecule has 1 aliphatic carbocycles. The molecule has 0 aromatic heterocycles. The average Bonchev–Trinajstić information content (AvgIpc) is 3.21. The SMILES string of the molecule is O=C(NCCCOC1CCCC1)[C@@H]1CCCN(S(=O)(=O)c2ccc(F)cc2)C1. The first-order valence-corrected chi connectivity index (χ1v) is 11.6. The van der Waals surface area contributed by atoms with Crippen molar-refractivity contribution in [3.05, 3.63) is 30.1 Å². The lowest BCUT2D eigenvalue weighted by atomic mass is 9.99. The highest BCUT2D eigenvalue weighted by molar-refractivity contribution is 7.89. The van der Waals surface area contributed by atoms with Crippen LogP contribution < -0.4 is 5.32 Å². The summed E-state index contributed by atoms with van der Waals surface area (Å²) in [7, 11) is -3.72. The number of hydrogen-bond acceptors (Lipinski definition) is 4. The molecule has 0 bridgehead atoms. The fourth-order valence-electron chi connectivity index (χ4n) is 3.86. The van der Waals surface area contributed by atoms with Crippen molar-refractivity contribution in [3.8, 4) is 0 Å². The molecule has 1 aromatic rings. The summed E-state index contributed by atoms with van der Waals surface area (Å²) in [6, 6.07) is 4.79. The fraction of sp³-hybridized carbons (Fsp3) is 0.650. The molecule has 28 heavy (non-hydrogen) atoms. The Morgan fingerprint density at radius 1 is 1.14 bits per heavy atom. The molecular weight excluding hydrogens is 383 g/mol. The van der Waals surface area contributed by atoms with E-state index in [0.717, 1.165) is 31.4 Å². The Morgan fingerprint density at radius 3 is 2.57 bits per heavy atom. The Hall–Kier alpha value is -1.51. The average molecular weight is 413 g/mol. The largest absolute Gasteiger partial charge is 0.378 e. The van der Waals surface area contributed by atoms with E-state index < -0.39 is 15.8 Å². The number of hydrogen-bond donors (Lipinski definition) is 1. The van der Waals surface area contributed by atoms with Crippen molar-refractivity contribution in [1.29, 1.82) is 0 Å². The van der Waals surface area contributed by atoms with Gasteiger partial charge in [0.25, 0.3) is 0 Å². The lowest BCUT2D eigenvalue weighted by Gasteiger charge is -2.31. The molecule has 156 valence electrons. The van der Waals surface area contributed by atoms with Gasteiger partial charge >= 0.3 is 0 Å². The van der Waals surface area contributed by atoms with Gasteiger partial charge in [0.15, 0.2) is 0 Å². The summed E-state index contributed by atoms with van der Waals surface area (Å²) >= 11 is 0. The van der Waals surface area contributed by atoms with Crippen LogP contribution in [-0.2, 0) is 19.6 Å². The second-order valence-electron chi connectivity index (χ2n) is 7.58. The minimum absolute atomic E-state index is 0.0546. The van der Waals surface area contributed by atoms with Crippen molar-refractivity contribution in [2.75, 3.05) is 26.2 Å². The number of nitrogens with one attached hydrogen (secondary N) is 1. The van der Waals surface area contributed by atoms with Crippen LogP contribution in [0.2, 0.25) is 0 Å². The van der Waals surface area contributed by atoms with Gasteiger partial charge in [0.1, 0.15) is 5.82 Å². The number of ether oxygens (including phenoxy) is 1. The van der Waals surface area contributed by atoms with Gasteiger partial charge < -0.3 is 10.1 Å². The number of sulfonamides is 1. The number of nitrogens with zero attached hydrogens (tertiary/aromatic N) is 1. The van der Waals surface area contributed by atoms with Gasteiger partial charge in [0.05, 0.1) is 16.9 Å². The monoisotopic (exact) mass is 412 g/mol. The highest BCUT2D eigenvalue weighted by atomic mass is 32.2. The van der Waals surface area contributed by atoms with Gasteiger partial charge in [-0.1, -0.05) is 12.8 Å². The van der Waals surface area contributed by atoms with Gasteiger partial charge in [-0.3, -0.25) is 4.79 Å². The molecule has 1 amide bonds. The van der Waals surface area contributed by atoms with E-state index >= 15 is 0 Å². The minimum atomic E-state index is -3.72. The lowest BCUT2D eigenvalue weighted by molar-refractivity contribution is -0.126. The summed E-state index contributed by atoms with van der Waals surface area (Å²) in [6.45, 7) is 1.70. The molecule has 0 radical (unpaired) electrons. The number of carbonyl (C=O) groups excluding carboxylic acids is 1. The van der Waals surface area contributed by atoms with Crippen molar-refractivity contribution in [2.24, 2.45) is 5.92 Å². The molecule has 6 nitrogen and oxygen atoms in total. The van der Waals surface area contributed by atoms with Crippen LogP contribution in [0.5, 0.6) is 0 Å². The Kier molecular flexibility index (Phi) is 7.42. The van der Waals surface area contributed by atoms with E-state index in [1.54, 1.807) is 0 Å². The van der Waals surface area contributed by atoms with Crippen molar-refractivity contribution < 1.29 is 22.3 Å². The molecule has 1 saturated heterocycles. The molecule has 0 unspecified atom stereocenters. The van der Waals surface area contributed by atoms with Crippen molar-refractivity contribution in [3.63, 3.8) is 0 Å². The molecular formula is C20H29FN2O4S. The number of rotatable bonds is 8. The fourth-order valence-corrected chi connectivity index (χ4v) is 5.39. The zero-order valence-corrected chi connectivity index (χ0v) is 16.9. The summed E-state index contributed by atoms with van der Waals surface area (Å²) in [5.41, 5.74) is 0. The number of halogens is 1. The lowest BCUT2D eigenvalue weighted by Crippen LogP contribution is -2.45. The predicted octanol–water partition coefficient (Wildman–Crippen LogP) is 2.69. The second kappa shape index (κ2) is 9.80. The minimum Gasteiger partial charge on any atom is -0.378 e. The number of amides is 1. The van der Waals surface area contributed by atoms with Gasteiger partial charge in [-0.05, 0) is 56.4 Å². The molecule has 1 heterocycles. The zero-order chi connectivity index (χ0) is 20.0. The van der Waals surface area contributed by atoms with Gasteiger partial charge in [0.2, 0.25) is 15.9 Å². The first-order chi connectivity index (χ1) is 13.5. The van der Waals surface area contributed by atoms with Crippen LogP contribution in [0.3, 0.4) is 0 Å². The van der Waals surface area contributed by atoms with Gasteiger partial charge in [-0.15, -0.1) is 0 Å². The van der Waals surface area contributed by atoms with Crippen LogP contribution in [0.15, 0.2) is 29.2 Å². The standard InChI is InChI=1S/C20H29FN2O4S/c21-17-8-10-19(11-9-17)28(25,26)23-13-3-5-16(15-23)20(24)22-12-4-14-27-18-6-1-2-7-18/h8-11,16,18H,1-7,12-15H2,(H,22,24)/t16-/m1/s1. The van der Waals surface area contributed by atoms with Crippen molar-refractivity contribution in [2.45, 2.75) is 55.9 Å². The number of benzene rings is 1. The quantitative estimate of drug-likeness (QED) is 0.666. The molecule has 1 aromatic carbocycles. The maximum Gasteiger partial charge on any atom is 0.243 e. The van der Waals surface area contributed by atoms with E-state index in [2.05, 4.69) is 5.32 Å². The van der Waals surface area contributed by atoms with E-state index in [1.165, 1.54) is 29.3 Å². The third-order valence-corrected chi connectivity index (χ3v) is 7.36. The Morgan fingerprint density at radius 2 is 1.86 bits per heavy atom. The normalized spacial score (nSPS) is 21.7. The molecule has 1 saturated carbocycles. The van der Waals surface area contributed by atoms with E-state index in [1.807, 2.05) is 0 Å². The summed E-state index contributed by atoms with van der Waals surface area (Å²) in [6.07, 6.45) is 7.16. The van der Waals surface area contributed by atoms with Crippen LogP contribution in [0.4, 0.5) is 4.39 Å². The molecule has 1 N–H and O–H groups in total. The molecule has 2 fully saturated rings. The van der Waals surface area contributed by atoms with Crippen LogP contribution >= 0.6 is 0 Å². The number of carbonyl (C=O) groups is 1. The zero-order valence-electron chi connectivity index (χ0n) is 16.1. The topological polar surface area (TPSA) is 75.7 Å². The Balaban J connectivity index is 1.45. The first-order valence-electron chi connectivity index (χ1n) is 10.1.